The van der Waals surface area contributed by atoms with Gasteiger partial charge in [-0.3, -0.25) is 4.79 Å². The van der Waals surface area contributed by atoms with E-state index in [1.165, 1.54) is 10.4 Å². The van der Waals surface area contributed by atoms with E-state index in [0.717, 1.165) is 12.8 Å². The number of rotatable bonds is 3. The zero-order valence-electron chi connectivity index (χ0n) is 9.12. The Morgan fingerprint density at radius 3 is 2.80 bits per heavy atom. The first kappa shape index (κ1) is 10.6. The van der Waals surface area contributed by atoms with E-state index in [1.54, 1.807) is 16.2 Å². The molecular formula is C11H16N2OS. The van der Waals surface area contributed by atoms with Gasteiger partial charge in [-0.15, -0.1) is 11.3 Å². The van der Waals surface area contributed by atoms with Crippen molar-refractivity contribution in [2.45, 2.75) is 31.8 Å². The van der Waals surface area contributed by atoms with Crippen LogP contribution in [0.5, 0.6) is 0 Å². The maximum absolute atomic E-state index is 11.9. The molecule has 1 aliphatic rings. The largest absolute Gasteiger partial charge is 0.339 e. The molecule has 1 fully saturated rings. The van der Waals surface area contributed by atoms with Gasteiger partial charge in [0.05, 0.1) is 12.1 Å². The van der Waals surface area contributed by atoms with Crippen molar-refractivity contribution in [3.05, 3.63) is 21.9 Å². The zero-order valence-corrected chi connectivity index (χ0v) is 9.93. The number of carbonyl (C=O) groups excluding carboxylic acids is 1. The topological polar surface area (TPSA) is 46.3 Å². The maximum Gasteiger partial charge on any atom is 0.242 e. The molecule has 2 rings (SSSR count). The Morgan fingerprint density at radius 1 is 1.67 bits per heavy atom. The summed E-state index contributed by atoms with van der Waals surface area (Å²) in [5, 5.41) is 2.05. The van der Waals surface area contributed by atoms with Gasteiger partial charge in [0.25, 0.3) is 0 Å². The minimum atomic E-state index is -0.542. The second-order valence-electron chi connectivity index (χ2n) is 4.34. The highest BCUT2D eigenvalue weighted by Gasteiger charge is 2.47. The summed E-state index contributed by atoms with van der Waals surface area (Å²) in [6.07, 6.45) is 1.67. The highest BCUT2D eigenvalue weighted by molar-refractivity contribution is 7.10. The molecule has 1 aromatic rings. The molecule has 0 spiro atoms. The molecule has 1 aromatic heterocycles. The zero-order chi connectivity index (χ0) is 11.1. The predicted octanol–water partition coefficient (Wildman–Crippen LogP) is 1.51. The van der Waals surface area contributed by atoms with Gasteiger partial charge in [0.2, 0.25) is 5.91 Å². The Labute approximate surface area is 93.9 Å². The van der Waals surface area contributed by atoms with Gasteiger partial charge in [-0.05, 0) is 36.8 Å². The lowest BCUT2D eigenvalue weighted by Gasteiger charge is -2.20. The number of carbonyl (C=O) groups is 1. The van der Waals surface area contributed by atoms with Crippen molar-refractivity contribution < 1.29 is 4.79 Å². The predicted molar refractivity (Wildman–Crippen MR) is 61.7 cm³/mol. The minimum Gasteiger partial charge on any atom is -0.339 e. The Morgan fingerprint density at radius 2 is 2.33 bits per heavy atom. The van der Waals surface area contributed by atoms with E-state index in [9.17, 15) is 4.79 Å². The number of amides is 1. The third kappa shape index (κ3) is 2.06. The molecule has 0 radical (unpaired) electrons. The molecule has 3 nitrogen and oxygen atoms in total. The van der Waals surface area contributed by atoms with Gasteiger partial charge in [0.15, 0.2) is 0 Å². The van der Waals surface area contributed by atoms with Gasteiger partial charge in [-0.2, -0.15) is 0 Å². The second kappa shape index (κ2) is 3.61. The molecule has 0 aromatic carbocycles. The van der Waals surface area contributed by atoms with Gasteiger partial charge >= 0.3 is 0 Å². The molecular weight excluding hydrogens is 208 g/mol. The number of likely N-dealkylation sites (N-methyl/N-ethyl adjacent to an activating group) is 1. The smallest absolute Gasteiger partial charge is 0.242 e. The SMILES string of the molecule is Cc1ccsc1CN(C)C(=O)C1(N)CC1. The van der Waals surface area contributed by atoms with Crippen LogP contribution in [0.1, 0.15) is 23.3 Å². The molecule has 2 N–H and O–H groups in total. The maximum atomic E-state index is 11.9. The fraction of sp³-hybridized carbons (Fsp3) is 0.545. The van der Waals surface area contributed by atoms with Crippen LogP contribution in [0, 0.1) is 6.92 Å². The molecule has 1 aliphatic carbocycles. The lowest BCUT2D eigenvalue weighted by Crippen LogP contribution is -2.43. The van der Waals surface area contributed by atoms with E-state index in [1.807, 2.05) is 7.05 Å². The van der Waals surface area contributed by atoms with Gasteiger partial charge in [-0.25, -0.2) is 0 Å². The van der Waals surface area contributed by atoms with Gasteiger partial charge in [-0.1, -0.05) is 0 Å². The van der Waals surface area contributed by atoms with Crippen molar-refractivity contribution in [3.8, 4) is 0 Å². The molecule has 1 heterocycles. The van der Waals surface area contributed by atoms with Crippen LogP contribution < -0.4 is 5.73 Å². The van der Waals surface area contributed by atoms with E-state index in [-0.39, 0.29) is 5.91 Å². The lowest BCUT2D eigenvalue weighted by atomic mass is 10.2. The minimum absolute atomic E-state index is 0.0790. The van der Waals surface area contributed by atoms with Gasteiger partial charge in [0, 0.05) is 11.9 Å². The Bertz CT molecular complexity index is 382. The van der Waals surface area contributed by atoms with Crippen LogP contribution in [0.25, 0.3) is 0 Å². The van der Waals surface area contributed by atoms with E-state index >= 15 is 0 Å². The number of hydrogen-bond donors (Lipinski definition) is 1. The number of thiophene rings is 1. The molecule has 1 saturated carbocycles. The number of nitrogens with zero attached hydrogens (tertiary/aromatic N) is 1. The van der Waals surface area contributed by atoms with Crippen molar-refractivity contribution >= 4 is 17.2 Å². The van der Waals surface area contributed by atoms with Crippen LogP contribution in [-0.4, -0.2) is 23.4 Å². The summed E-state index contributed by atoms with van der Waals surface area (Å²) in [4.78, 5) is 14.9. The standard InChI is InChI=1S/C11H16N2OS/c1-8-3-6-15-9(8)7-13(2)10(14)11(12)4-5-11/h3,6H,4-5,7,12H2,1-2H3. The number of nitrogens with two attached hydrogens (primary N) is 1. The van der Waals surface area contributed by atoms with Crippen LogP contribution in [0.3, 0.4) is 0 Å². The van der Waals surface area contributed by atoms with Crippen LogP contribution >= 0.6 is 11.3 Å². The summed E-state index contributed by atoms with van der Waals surface area (Å²) >= 11 is 1.69. The Kier molecular flexibility index (Phi) is 2.56. The molecule has 0 aliphatic heterocycles. The molecule has 1 amide bonds. The van der Waals surface area contributed by atoms with Crippen molar-refractivity contribution in [3.63, 3.8) is 0 Å². The highest BCUT2D eigenvalue weighted by Crippen LogP contribution is 2.34. The molecule has 0 bridgehead atoms. The van der Waals surface area contributed by atoms with Crippen molar-refractivity contribution in [2.75, 3.05) is 7.05 Å². The van der Waals surface area contributed by atoms with Gasteiger partial charge < -0.3 is 10.6 Å². The Hall–Kier alpha value is -0.870. The first-order valence-corrected chi connectivity index (χ1v) is 5.98. The average molecular weight is 224 g/mol. The molecule has 0 saturated heterocycles. The lowest BCUT2D eigenvalue weighted by molar-refractivity contribution is -0.132. The van der Waals surface area contributed by atoms with E-state index in [0.29, 0.717) is 6.54 Å². The Balaban J connectivity index is 2.01. The normalized spacial score (nSPS) is 17.5. The molecule has 4 heteroatoms. The average Bonchev–Trinajstić information content (AvgIpc) is 2.83. The quantitative estimate of drug-likeness (QED) is 0.846. The third-order valence-electron chi connectivity index (χ3n) is 2.91. The molecule has 15 heavy (non-hydrogen) atoms. The molecule has 0 unspecified atom stereocenters. The summed E-state index contributed by atoms with van der Waals surface area (Å²) in [5.41, 5.74) is 6.58. The summed E-state index contributed by atoms with van der Waals surface area (Å²) < 4.78 is 0. The van der Waals surface area contributed by atoms with E-state index in [2.05, 4.69) is 18.4 Å². The van der Waals surface area contributed by atoms with Crippen LogP contribution in [0.4, 0.5) is 0 Å². The fourth-order valence-corrected chi connectivity index (χ4v) is 2.54. The fourth-order valence-electron chi connectivity index (χ4n) is 1.58. The summed E-state index contributed by atoms with van der Waals surface area (Å²) in [7, 11) is 1.83. The number of hydrogen-bond acceptors (Lipinski definition) is 3. The van der Waals surface area contributed by atoms with Gasteiger partial charge in [0.1, 0.15) is 0 Å². The first-order valence-electron chi connectivity index (χ1n) is 5.10. The highest BCUT2D eigenvalue weighted by atomic mass is 32.1. The monoisotopic (exact) mass is 224 g/mol. The van der Waals surface area contributed by atoms with Crippen molar-refractivity contribution in [1.29, 1.82) is 0 Å². The second-order valence-corrected chi connectivity index (χ2v) is 5.34. The summed E-state index contributed by atoms with van der Waals surface area (Å²) in [5.74, 6) is 0.0790. The third-order valence-corrected chi connectivity index (χ3v) is 3.92. The van der Waals surface area contributed by atoms with E-state index < -0.39 is 5.54 Å². The number of aryl methyl sites for hydroxylation is 1. The summed E-state index contributed by atoms with van der Waals surface area (Å²) in [6.45, 7) is 2.75. The van der Waals surface area contributed by atoms with E-state index in [4.69, 9.17) is 5.73 Å². The first-order chi connectivity index (χ1) is 7.03. The molecule has 0 atom stereocenters. The van der Waals surface area contributed by atoms with Crippen LogP contribution in [0.2, 0.25) is 0 Å². The molecule has 82 valence electrons. The van der Waals surface area contributed by atoms with Crippen LogP contribution in [0.15, 0.2) is 11.4 Å². The van der Waals surface area contributed by atoms with Crippen molar-refractivity contribution in [1.82, 2.24) is 4.90 Å². The summed E-state index contributed by atoms with van der Waals surface area (Å²) in [6, 6.07) is 2.08. The van der Waals surface area contributed by atoms with Crippen molar-refractivity contribution in [2.24, 2.45) is 5.73 Å². The van der Waals surface area contributed by atoms with Crippen LogP contribution in [-0.2, 0) is 11.3 Å².